The number of rotatable bonds is 4. The molecule has 0 saturated heterocycles. The quantitative estimate of drug-likeness (QED) is 0.705. The van der Waals surface area contributed by atoms with E-state index in [9.17, 15) is 4.79 Å². The molecular formula is C11H15N2O. The van der Waals surface area contributed by atoms with Gasteiger partial charge in [-0.25, -0.2) is 4.79 Å². The van der Waals surface area contributed by atoms with E-state index >= 15 is 0 Å². The molecule has 0 spiro atoms. The normalized spacial score (nSPS) is 9.50. The highest BCUT2D eigenvalue weighted by molar-refractivity contribution is 5.88. The van der Waals surface area contributed by atoms with Crippen LogP contribution in [0.3, 0.4) is 0 Å². The summed E-state index contributed by atoms with van der Waals surface area (Å²) in [6, 6.07) is 10.0. The van der Waals surface area contributed by atoms with Gasteiger partial charge in [0.2, 0.25) is 0 Å². The van der Waals surface area contributed by atoms with Crippen LogP contribution in [0.1, 0.15) is 19.8 Å². The van der Waals surface area contributed by atoms with Crippen molar-refractivity contribution in [2.75, 3.05) is 11.9 Å². The molecule has 0 atom stereocenters. The van der Waals surface area contributed by atoms with Crippen molar-refractivity contribution in [3.8, 4) is 0 Å². The maximum Gasteiger partial charge on any atom is 0.319 e. The van der Waals surface area contributed by atoms with Gasteiger partial charge >= 0.3 is 6.03 Å². The molecule has 3 heteroatoms. The highest BCUT2D eigenvalue weighted by atomic mass is 16.2. The van der Waals surface area contributed by atoms with E-state index < -0.39 is 0 Å². The molecule has 0 bridgehead atoms. The third-order valence-corrected chi connectivity index (χ3v) is 1.77. The Morgan fingerprint density at radius 3 is 3.00 bits per heavy atom. The highest BCUT2D eigenvalue weighted by Crippen LogP contribution is 2.02. The Kier molecular flexibility index (Phi) is 4.55. The summed E-state index contributed by atoms with van der Waals surface area (Å²) in [5.41, 5.74) is 0.696. The fourth-order valence-electron chi connectivity index (χ4n) is 1.02. The third-order valence-electron chi connectivity index (χ3n) is 1.77. The van der Waals surface area contributed by atoms with Crippen LogP contribution in [0.4, 0.5) is 10.5 Å². The third kappa shape index (κ3) is 3.94. The van der Waals surface area contributed by atoms with Gasteiger partial charge in [0.1, 0.15) is 0 Å². The van der Waals surface area contributed by atoms with Crippen molar-refractivity contribution in [2.45, 2.75) is 19.8 Å². The molecule has 75 valence electrons. The lowest BCUT2D eigenvalue weighted by molar-refractivity contribution is 0.252. The van der Waals surface area contributed by atoms with Crippen LogP contribution in [0.2, 0.25) is 0 Å². The fraction of sp³-hybridized carbons (Fsp3) is 0.364. The molecule has 0 aliphatic rings. The first-order valence-electron chi connectivity index (χ1n) is 4.84. The minimum Gasteiger partial charge on any atom is -0.338 e. The topological polar surface area (TPSA) is 41.1 Å². The average Bonchev–Trinajstić information content (AvgIpc) is 2.20. The van der Waals surface area contributed by atoms with Crippen molar-refractivity contribution in [2.24, 2.45) is 0 Å². The van der Waals surface area contributed by atoms with Gasteiger partial charge in [-0.15, -0.1) is 0 Å². The molecule has 2 amide bonds. The highest BCUT2D eigenvalue weighted by Gasteiger charge is 1.98. The zero-order valence-corrected chi connectivity index (χ0v) is 8.34. The Bertz CT molecular complexity index is 272. The number of unbranched alkanes of at least 4 members (excludes halogenated alkanes) is 1. The predicted octanol–water partition coefficient (Wildman–Crippen LogP) is 2.41. The van der Waals surface area contributed by atoms with Crippen molar-refractivity contribution in [3.05, 3.63) is 30.3 Å². The van der Waals surface area contributed by atoms with Crippen LogP contribution < -0.4 is 10.6 Å². The summed E-state index contributed by atoms with van der Waals surface area (Å²) in [4.78, 5) is 11.2. The lowest BCUT2D eigenvalue weighted by Crippen LogP contribution is -2.29. The van der Waals surface area contributed by atoms with Crippen LogP contribution >= 0.6 is 0 Å². The Morgan fingerprint density at radius 1 is 1.50 bits per heavy atom. The van der Waals surface area contributed by atoms with Gasteiger partial charge in [-0.2, -0.15) is 0 Å². The second-order valence-electron chi connectivity index (χ2n) is 3.01. The molecule has 0 aliphatic carbocycles. The van der Waals surface area contributed by atoms with E-state index in [-0.39, 0.29) is 6.03 Å². The van der Waals surface area contributed by atoms with Gasteiger partial charge in [0, 0.05) is 12.6 Å². The molecule has 1 aromatic rings. The molecule has 0 fully saturated rings. The molecule has 14 heavy (non-hydrogen) atoms. The molecule has 0 aromatic heterocycles. The zero-order chi connectivity index (χ0) is 10.2. The van der Waals surface area contributed by atoms with E-state index in [1.165, 1.54) is 0 Å². The summed E-state index contributed by atoms with van der Waals surface area (Å²) in [7, 11) is 0. The zero-order valence-electron chi connectivity index (χ0n) is 8.34. The van der Waals surface area contributed by atoms with Gasteiger partial charge in [-0.3, -0.25) is 0 Å². The minimum absolute atomic E-state index is 0.166. The van der Waals surface area contributed by atoms with Crippen molar-refractivity contribution in [1.29, 1.82) is 0 Å². The second-order valence-corrected chi connectivity index (χ2v) is 3.01. The number of para-hydroxylation sites is 1. The van der Waals surface area contributed by atoms with Crippen LogP contribution in [0.5, 0.6) is 0 Å². The first-order valence-corrected chi connectivity index (χ1v) is 4.84. The predicted molar refractivity (Wildman–Crippen MR) is 57.2 cm³/mol. The van der Waals surface area contributed by atoms with Crippen LogP contribution in [-0.2, 0) is 0 Å². The number of anilines is 1. The SMILES string of the molecule is CCCCNC(=O)Nc1[c]cccc1. The lowest BCUT2D eigenvalue weighted by atomic mass is 10.3. The smallest absolute Gasteiger partial charge is 0.319 e. The molecule has 0 heterocycles. The van der Waals surface area contributed by atoms with Gasteiger partial charge in [0.25, 0.3) is 0 Å². The van der Waals surface area contributed by atoms with Crippen LogP contribution in [0.15, 0.2) is 24.3 Å². The summed E-state index contributed by atoms with van der Waals surface area (Å²) in [6.07, 6.45) is 2.09. The first kappa shape index (κ1) is 10.6. The molecule has 3 nitrogen and oxygen atoms in total. The average molecular weight is 191 g/mol. The van der Waals surface area contributed by atoms with E-state index in [2.05, 4.69) is 23.6 Å². The first-order chi connectivity index (χ1) is 6.83. The number of benzene rings is 1. The Hall–Kier alpha value is -1.51. The number of carbonyl (C=O) groups is 1. The molecule has 0 unspecified atom stereocenters. The summed E-state index contributed by atoms with van der Waals surface area (Å²) in [6.45, 7) is 2.81. The molecule has 0 aliphatic heterocycles. The van der Waals surface area contributed by atoms with E-state index in [1.54, 1.807) is 12.1 Å². The fourth-order valence-corrected chi connectivity index (χ4v) is 1.02. The van der Waals surface area contributed by atoms with Gasteiger partial charge in [0.05, 0.1) is 5.69 Å². The standard InChI is InChI=1S/C11H15N2O/c1-2-3-9-12-11(14)13-10-7-5-4-6-8-10/h4-7H,2-3,9H2,1H3,(H2,12,13,14). The van der Waals surface area contributed by atoms with Crippen molar-refractivity contribution in [1.82, 2.24) is 5.32 Å². The summed E-state index contributed by atoms with van der Waals surface area (Å²) in [5.74, 6) is 0. The summed E-state index contributed by atoms with van der Waals surface area (Å²) >= 11 is 0. The number of carbonyl (C=O) groups excluding carboxylic acids is 1. The molecule has 2 N–H and O–H groups in total. The summed E-state index contributed by atoms with van der Waals surface area (Å²) in [5, 5.41) is 5.46. The Morgan fingerprint density at radius 2 is 2.36 bits per heavy atom. The molecular weight excluding hydrogens is 176 g/mol. The molecule has 1 radical (unpaired) electrons. The Labute approximate surface area is 84.5 Å². The monoisotopic (exact) mass is 191 g/mol. The van der Waals surface area contributed by atoms with E-state index in [0.717, 1.165) is 19.4 Å². The van der Waals surface area contributed by atoms with Crippen molar-refractivity contribution in [3.63, 3.8) is 0 Å². The maximum absolute atomic E-state index is 11.2. The van der Waals surface area contributed by atoms with Crippen LogP contribution in [-0.4, -0.2) is 12.6 Å². The molecule has 1 aromatic carbocycles. The number of hydrogen-bond acceptors (Lipinski definition) is 1. The molecule has 0 saturated carbocycles. The minimum atomic E-state index is -0.166. The van der Waals surface area contributed by atoms with Gasteiger partial charge in [-0.1, -0.05) is 31.5 Å². The molecule has 1 rings (SSSR count). The van der Waals surface area contributed by atoms with Gasteiger partial charge < -0.3 is 10.6 Å². The van der Waals surface area contributed by atoms with Crippen molar-refractivity contribution < 1.29 is 4.79 Å². The number of hydrogen-bond donors (Lipinski definition) is 2. The van der Waals surface area contributed by atoms with E-state index in [4.69, 9.17) is 0 Å². The van der Waals surface area contributed by atoms with Crippen LogP contribution in [0.25, 0.3) is 0 Å². The van der Waals surface area contributed by atoms with Crippen LogP contribution in [0, 0.1) is 6.07 Å². The maximum atomic E-state index is 11.2. The van der Waals surface area contributed by atoms with Crippen molar-refractivity contribution >= 4 is 11.7 Å². The van der Waals surface area contributed by atoms with Gasteiger partial charge in [-0.05, 0) is 12.5 Å². The second kappa shape index (κ2) is 6.02. The summed E-state index contributed by atoms with van der Waals surface area (Å²) < 4.78 is 0. The largest absolute Gasteiger partial charge is 0.338 e. The van der Waals surface area contributed by atoms with Gasteiger partial charge in [0.15, 0.2) is 0 Å². The number of urea groups is 1. The van der Waals surface area contributed by atoms with E-state index in [0.29, 0.717) is 5.69 Å². The van der Waals surface area contributed by atoms with E-state index in [1.807, 2.05) is 12.1 Å². The number of nitrogens with one attached hydrogen (secondary N) is 2. The number of amides is 2. The lowest BCUT2D eigenvalue weighted by Gasteiger charge is -2.05. The Balaban J connectivity index is 2.27.